The summed E-state index contributed by atoms with van der Waals surface area (Å²) in [6, 6.07) is 4.03. The maximum atomic E-state index is 14.4. The standard InChI is InChI=1S/C16H8F4O3S.H3N/c1-23-14-9(18)5-8(12(19)13(14)20)11-7-3-2-6(17)4-10(7)24-15(11)16(21)22;/h2-5H,1H3,(H,21,22);1H3. The maximum absolute atomic E-state index is 14.4. The normalized spacial score (nSPS) is 10.6. The van der Waals surface area contributed by atoms with Crippen LogP contribution in [0.1, 0.15) is 9.67 Å². The molecule has 0 bridgehead atoms. The molecule has 25 heavy (non-hydrogen) atoms. The molecular formula is C16H11F4NO3S. The van der Waals surface area contributed by atoms with Crippen molar-refractivity contribution in [3.63, 3.8) is 0 Å². The number of thiophene rings is 1. The molecule has 0 atom stereocenters. The van der Waals surface area contributed by atoms with Gasteiger partial charge in [0.25, 0.3) is 0 Å². The van der Waals surface area contributed by atoms with Crippen molar-refractivity contribution >= 4 is 27.4 Å². The lowest BCUT2D eigenvalue weighted by Crippen LogP contribution is -2.01. The molecule has 0 saturated carbocycles. The second kappa shape index (κ2) is 6.69. The summed E-state index contributed by atoms with van der Waals surface area (Å²) in [7, 11) is 0.978. The van der Waals surface area contributed by atoms with E-state index in [4.69, 9.17) is 0 Å². The lowest BCUT2D eigenvalue weighted by Gasteiger charge is -2.09. The fraction of sp³-hybridized carbons (Fsp3) is 0.0625. The van der Waals surface area contributed by atoms with Crippen molar-refractivity contribution in [3.8, 4) is 16.9 Å². The van der Waals surface area contributed by atoms with Crippen LogP contribution >= 0.6 is 11.3 Å². The molecule has 3 aromatic rings. The summed E-state index contributed by atoms with van der Waals surface area (Å²) in [6.45, 7) is 0. The van der Waals surface area contributed by atoms with Gasteiger partial charge in [-0.3, -0.25) is 0 Å². The molecule has 4 N–H and O–H groups in total. The lowest BCUT2D eigenvalue weighted by molar-refractivity contribution is 0.0703. The van der Waals surface area contributed by atoms with Gasteiger partial charge in [0.15, 0.2) is 17.4 Å². The van der Waals surface area contributed by atoms with Crippen molar-refractivity contribution in [3.05, 3.63) is 52.4 Å². The van der Waals surface area contributed by atoms with Crippen molar-refractivity contribution < 1.29 is 32.2 Å². The van der Waals surface area contributed by atoms with Crippen molar-refractivity contribution in [2.75, 3.05) is 7.11 Å². The highest BCUT2D eigenvalue weighted by Gasteiger charge is 2.26. The zero-order chi connectivity index (χ0) is 17.6. The van der Waals surface area contributed by atoms with Gasteiger partial charge in [0.2, 0.25) is 5.82 Å². The van der Waals surface area contributed by atoms with E-state index in [0.717, 1.165) is 19.2 Å². The average molecular weight is 373 g/mol. The number of aromatic carboxylic acids is 1. The van der Waals surface area contributed by atoms with E-state index in [1.807, 2.05) is 0 Å². The highest BCUT2D eigenvalue weighted by molar-refractivity contribution is 7.21. The van der Waals surface area contributed by atoms with Crippen LogP contribution < -0.4 is 10.9 Å². The number of carboxylic acid groups (broad SMARTS) is 1. The molecule has 0 aliphatic carbocycles. The Hall–Kier alpha value is -2.65. The fourth-order valence-corrected chi connectivity index (χ4v) is 3.52. The first-order chi connectivity index (χ1) is 11.3. The number of methoxy groups -OCH3 is 1. The first kappa shape index (κ1) is 18.7. The second-order valence-electron chi connectivity index (χ2n) is 4.82. The van der Waals surface area contributed by atoms with Crippen LogP contribution in [0, 0.1) is 23.3 Å². The molecule has 132 valence electrons. The summed E-state index contributed by atoms with van der Waals surface area (Å²) >= 11 is 0.689. The number of halogens is 4. The molecule has 0 saturated heterocycles. The first-order valence-electron chi connectivity index (χ1n) is 6.52. The molecule has 0 unspecified atom stereocenters. The molecule has 4 nitrogen and oxygen atoms in total. The molecule has 0 aliphatic rings. The molecular weight excluding hydrogens is 362 g/mol. The number of rotatable bonds is 3. The number of carbonyl (C=O) groups is 1. The second-order valence-corrected chi connectivity index (χ2v) is 5.87. The van der Waals surface area contributed by atoms with Crippen LogP contribution in [-0.2, 0) is 0 Å². The van der Waals surface area contributed by atoms with Crippen LogP contribution in [0.3, 0.4) is 0 Å². The average Bonchev–Trinajstić information content (AvgIpc) is 2.90. The van der Waals surface area contributed by atoms with Gasteiger partial charge in [-0.1, -0.05) is 0 Å². The first-order valence-corrected chi connectivity index (χ1v) is 7.34. The number of carboxylic acids is 1. The molecule has 2 aromatic carbocycles. The van der Waals surface area contributed by atoms with Crippen molar-refractivity contribution in [2.45, 2.75) is 0 Å². The third-order valence-corrected chi connectivity index (χ3v) is 4.58. The van der Waals surface area contributed by atoms with E-state index in [9.17, 15) is 27.5 Å². The maximum Gasteiger partial charge on any atom is 0.346 e. The summed E-state index contributed by atoms with van der Waals surface area (Å²) in [5.74, 6) is -7.12. The van der Waals surface area contributed by atoms with Crippen LogP contribution in [0.15, 0.2) is 24.3 Å². The molecule has 0 spiro atoms. The largest absolute Gasteiger partial charge is 0.491 e. The van der Waals surface area contributed by atoms with Gasteiger partial charge in [-0.25, -0.2) is 18.0 Å². The molecule has 9 heteroatoms. The molecule has 0 amide bonds. The lowest BCUT2D eigenvalue weighted by atomic mass is 10.0. The Morgan fingerprint density at radius 3 is 2.40 bits per heavy atom. The summed E-state index contributed by atoms with van der Waals surface area (Å²) in [6.07, 6.45) is 0. The number of benzene rings is 2. The highest BCUT2D eigenvalue weighted by atomic mass is 32.1. The predicted octanol–water partition coefficient (Wildman–Crippen LogP) is 4.99. The summed E-state index contributed by atoms with van der Waals surface area (Å²) in [4.78, 5) is 11.1. The fourth-order valence-electron chi connectivity index (χ4n) is 2.44. The predicted molar refractivity (Wildman–Crippen MR) is 85.6 cm³/mol. The van der Waals surface area contributed by atoms with Gasteiger partial charge in [0.1, 0.15) is 10.7 Å². The van der Waals surface area contributed by atoms with Gasteiger partial charge in [-0.2, -0.15) is 4.39 Å². The van der Waals surface area contributed by atoms with Gasteiger partial charge in [-0.15, -0.1) is 11.3 Å². The minimum absolute atomic E-state index is 0. The Balaban J connectivity index is 0.00000225. The van der Waals surface area contributed by atoms with E-state index in [1.165, 1.54) is 6.07 Å². The Morgan fingerprint density at radius 1 is 1.12 bits per heavy atom. The Morgan fingerprint density at radius 2 is 1.80 bits per heavy atom. The Kier molecular flexibility index (Phi) is 5.00. The van der Waals surface area contributed by atoms with Crippen molar-refractivity contribution in [1.82, 2.24) is 6.15 Å². The van der Waals surface area contributed by atoms with Gasteiger partial charge >= 0.3 is 5.97 Å². The topological polar surface area (TPSA) is 81.5 Å². The monoisotopic (exact) mass is 373 g/mol. The number of ether oxygens (including phenoxy) is 1. The number of hydrogen-bond donors (Lipinski definition) is 2. The third kappa shape index (κ3) is 2.92. The van der Waals surface area contributed by atoms with Crippen molar-refractivity contribution in [1.29, 1.82) is 0 Å². The quantitative estimate of drug-likeness (QED) is 0.500. The van der Waals surface area contributed by atoms with E-state index in [2.05, 4.69) is 4.74 Å². The van der Waals surface area contributed by atoms with Crippen LogP contribution in [0.2, 0.25) is 0 Å². The molecule has 1 aromatic heterocycles. The van der Waals surface area contributed by atoms with Crippen LogP contribution in [0.4, 0.5) is 17.6 Å². The summed E-state index contributed by atoms with van der Waals surface area (Å²) < 4.78 is 60.3. The van der Waals surface area contributed by atoms with Gasteiger partial charge in [-0.05, 0) is 24.3 Å². The molecule has 0 fully saturated rings. The Bertz CT molecular complexity index is 987. The molecule has 1 heterocycles. The highest BCUT2D eigenvalue weighted by Crippen LogP contribution is 2.42. The smallest absolute Gasteiger partial charge is 0.346 e. The summed E-state index contributed by atoms with van der Waals surface area (Å²) in [5, 5.41) is 9.49. The summed E-state index contributed by atoms with van der Waals surface area (Å²) in [5.41, 5.74) is -0.776. The van der Waals surface area contributed by atoms with Crippen molar-refractivity contribution in [2.24, 2.45) is 0 Å². The number of hydrogen-bond acceptors (Lipinski definition) is 4. The van der Waals surface area contributed by atoms with Gasteiger partial charge in [0, 0.05) is 21.2 Å². The van der Waals surface area contributed by atoms with E-state index < -0.39 is 40.6 Å². The Labute approximate surface area is 142 Å². The van der Waals surface area contributed by atoms with E-state index in [1.54, 1.807) is 0 Å². The van der Waals surface area contributed by atoms with Crippen LogP contribution in [-0.4, -0.2) is 18.2 Å². The minimum Gasteiger partial charge on any atom is -0.491 e. The molecule has 0 radical (unpaired) electrons. The van der Waals surface area contributed by atoms with Crippen LogP contribution in [0.25, 0.3) is 21.2 Å². The third-order valence-electron chi connectivity index (χ3n) is 3.44. The van der Waals surface area contributed by atoms with E-state index in [-0.39, 0.29) is 26.7 Å². The van der Waals surface area contributed by atoms with Crippen LogP contribution in [0.5, 0.6) is 5.75 Å². The molecule has 3 rings (SSSR count). The van der Waals surface area contributed by atoms with E-state index >= 15 is 0 Å². The zero-order valence-electron chi connectivity index (χ0n) is 12.7. The SMILES string of the molecule is COc1c(F)cc(-c2c(C(=O)O)sc3cc(F)ccc23)c(F)c1F.N. The number of fused-ring (bicyclic) bond motifs is 1. The van der Waals surface area contributed by atoms with E-state index in [0.29, 0.717) is 17.4 Å². The zero-order valence-corrected chi connectivity index (χ0v) is 13.5. The van der Waals surface area contributed by atoms with Gasteiger partial charge < -0.3 is 16.0 Å². The minimum atomic E-state index is -1.56. The molecule has 0 aliphatic heterocycles. The van der Waals surface area contributed by atoms with Gasteiger partial charge in [0.05, 0.1) is 7.11 Å².